The predicted octanol–water partition coefficient (Wildman–Crippen LogP) is 1.11. The van der Waals surface area contributed by atoms with Crippen LogP contribution in [-0.2, 0) is 12.7 Å². The molecule has 1 aliphatic heterocycles. The minimum atomic E-state index is -4.51. The smallest absolute Gasteiger partial charge is 0.350 e. The molecule has 0 spiro atoms. The third-order valence-corrected chi connectivity index (χ3v) is 4.63. The van der Waals surface area contributed by atoms with Crippen molar-refractivity contribution in [3.63, 3.8) is 0 Å². The van der Waals surface area contributed by atoms with Gasteiger partial charge in [-0.3, -0.25) is 9.59 Å². The van der Waals surface area contributed by atoms with Gasteiger partial charge in [-0.1, -0.05) is 11.3 Å². The molecule has 11 heteroatoms. The van der Waals surface area contributed by atoms with Crippen LogP contribution in [0.3, 0.4) is 0 Å². The zero-order chi connectivity index (χ0) is 21.0. The first-order valence-corrected chi connectivity index (χ1v) is 9.07. The van der Waals surface area contributed by atoms with Gasteiger partial charge in [0, 0.05) is 38.3 Å². The summed E-state index contributed by atoms with van der Waals surface area (Å²) in [7, 11) is 1.99. The lowest BCUT2D eigenvalue weighted by Crippen LogP contribution is -2.47. The summed E-state index contributed by atoms with van der Waals surface area (Å²) in [4.78, 5) is 28.3. The number of hydrogen-bond donors (Lipinski definition) is 1. The molecule has 1 saturated heterocycles. The second-order valence-electron chi connectivity index (χ2n) is 6.80. The number of halogens is 3. The molecular formula is C18H21F3N6O2. The maximum atomic E-state index is 12.7. The average molecular weight is 410 g/mol. The molecule has 0 atom stereocenters. The summed E-state index contributed by atoms with van der Waals surface area (Å²) in [6.45, 7) is 3.18. The van der Waals surface area contributed by atoms with Gasteiger partial charge in [0.25, 0.3) is 11.8 Å². The summed E-state index contributed by atoms with van der Waals surface area (Å²) in [5.41, 5.74) is -0.739. The van der Waals surface area contributed by atoms with Crippen LogP contribution in [0.15, 0.2) is 30.5 Å². The topological polar surface area (TPSA) is 83.4 Å². The molecule has 2 amide bonds. The average Bonchev–Trinajstić information content (AvgIpc) is 3.16. The number of piperazine rings is 1. The lowest BCUT2D eigenvalue weighted by Gasteiger charge is -2.31. The number of nitrogens with one attached hydrogen (secondary N) is 1. The molecule has 0 aliphatic carbocycles. The number of carbonyl (C=O) groups excluding carboxylic acids is 2. The van der Waals surface area contributed by atoms with Crippen molar-refractivity contribution in [3.8, 4) is 0 Å². The Morgan fingerprint density at radius 1 is 1.17 bits per heavy atom. The van der Waals surface area contributed by atoms with Crippen molar-refractivity contribution in [2.45, 2.75) is 12.7 Å². The van der Waals surface area contributed by atoms with Crippen molar-refractivity contribution in [2.75, 3.05) is 39.8 Å². The van der Waals surface area contributed by atoms with Gasteiger partial charge in [0.15, 0.2) is 5.69 Å². The number of alkyl halides is 3. The Morgan fingerprint density at radius 3 is 2.59 bits per heavy atom. The molecule has 1 aliphatic rings. The van der Waals surface area contributed by atoms with E-state index in [0.29, 0.717) is 13.1 Å². The molecule has 1 N–H and O–H groups in total. The fraction of sp³-hybridized carbons (Fsp3) is 0.444. The highest BCUT2D eigenvalue weighted by Gasteiger charge is 2.30. The Bertz CT molecular complexity index is 874. The Balaban J connectivity index is 1.51. The van der Waals surface area contributed by atoms with Gasteiger partial charge in [-0.15, -0.1) is 5.10 Å². The van der Waals surface area contributed by atoms with Crippen LogP contribution in [0.4, 0.5) is 13.2 Å². The maximum Gasteiger partial charge on any atom is 0.416 e. The van der Waals surface area contributed by atoms with E-state index < -0.39 is 17.6 Å². The van der Waals surface area contributed by atoms with Gasteiger partial charge in [0.1, 0.15) is 0 Å². The summed E-state index contributed by atoms with van der Waals surface area (Å²) in [6.07, 6.45) is -3.01. The molecule has 1 aromatic carbocycles. The van der Waals surface area contributed by atoms with E-state index in [-0.39, 0.29) is 30.3 Å². The van der Waals surface area contributed by atoms with Crippen LogP contribution in [0, 0.1) is 0 Å². The van der Waals surface area contributed by atoms with E-state index in [1.54, 1.807) is 4.90 Å². The number of rotatable bonds is 5. The minimum Gasteiger partial charge on any atom is -0.350 e. The lowest BCUT2D eigenvalue weighted by atomic mass is 10.1. The van der Waals surface area contributed by atoms with Crippen molar-refractivity contribution in [2.24, 2.45) is 0 Å². The van der Waals surface area contributed by atoms with Crippen molar-refractivity contribution in [3.05, 3.63) is 47.3 Å². The van der Waals surface area contributed by atoms with Crippen LogP contribution in [0.25, 0.3) is 0 Å². The Labute approximate surface area is 165 Å². The zero-order valence-electron chi connectivity index (χ0n) is 15.8. The summed E-state index contributed by atoms with van der Waals surface area (Å²) in [5.74, 6) is -0.817. The van der Waals surface area contributed by atoms with Crippen molar-refractivity contribution in [1.82, 2.24) is 30.1 Å². The first-order chi connectivity index (χ1) is 13.7. The van der Waals surface area contributed by atoms with E-state index in [0.717, 1.165) is 25.2 Å². The molecule has 1 aromatic heterocycles. The van der Waals surface area contributed by atoms with E-state index in [9.17, 15) is 22.8 Å². The summed E-state index contributed by atoms with van der Waals surface area (Å²) in [5, 5.41) is 10.3. The monoisotopic (exact) mass is 410 g/mol. The normalized spacial score (nSPS) is 15.4. The van der Waals surface area contributed by atoms with Crippen molar-refractivity contribution < 1.29 is 22.8 Å². The van der Waals surface area contributed by atoms with Gasteiger partial charge in [-0.2, -0.15) is 13.2 Å². The summed E-state index contributed by atoms with van der Waals surface area (Å²) in [6, 6.07) is 4.21. The van der Waals surface area contributed by atoms with Gasteiger partial charge >= 0.3 is 6.18 Å². The van der Waals surface area contributed by atoms with Crippen molar-refractivity contribution in [1.29, 1.82) is 0 Å². The first kappa shape index (κ1) is 20.8. The van der Waals surface area contributed by atoms with E-state index in [1.165, 1.54) is 23.0 Å². The predicted molar refractivity (Wildman–Crippen MR) is 97.2 cm³/mol. The SMILES string of the molecule is CN1CCN(C(=O)c2cn(CCNC(=O)c3cccc(C(F)(F)F)c3)nn2)CC1. The molecule has 29 heavy (non-hydrogen) atoms. The number of aromatic nitrogens is 3. The molecule has 3 rings (SSSR count). The molecule has 0 saturated carbocycles. The standard InChI is InChI=1S/C18H21F3N6O2/c1-25-7-9-26(10-8-25)17(29)15-12-27(24-23-15)6-5-22-16(28)13-3-2-4-14(11-13)18(19,20)21/h2-4,11-12H,5-10H2,1H3,(H,22,28). The number of carbonyl (C=O) groups is 2. The molecule has 0 bridgehead atoms. The van der Waals surface area contributed by atoms with E-state index >= 15 is 0 Å². The molecule has 2 heterocycles. The number of amides is 2. The highest BCUT2D eigenvalue weighted by molar-refractivity contribution is 5.94. The third-order valence-electron chi connectivity index (χ3n) is 4.63. The van der Waals surface area contributed by atoms with Crippen LogP contribution < -0.4 is 5.32 Å². The summed E-state index contributed by atoms with van der Waals surface area (Å²) < 4.78 is 39.6. The van der Waals surface area contributed by atoms with Crippen LogP contribution >= 0.6 is 0 Å². The third kappa shape index (κ3) is 5.31. The molecule has 1 fully saturated rings. The summed E-state index contributed by atoms with van der Waals surface area (Å²) >= 11 is 0. The number of benzene rings is 1. The Kier molecular flexibility index (Phi) is 6.16. The highest BCUT2D eigenvalue weighted by Crippen LogP contribution is 2.29. The lowest BCUT2D eigenvalue weighted by molar-refractivity contribution is -0.137. The Hall–Kier alpha value is -2.95. The largest absolute Gasteiger partial charge is 0.416 e. The van der Waals surface area contributed by atoms with Crippen LogP contribution in [0.2, 0.25) is 0 Å². The molecule has 8 nitrogen and oxygen atoms in total. The number of hydrogen-bond acceptors (Lipinski definition) is 5. The molecular weight excluding hydrogens is 389 g/mol. The molecule has 2 aromatic rings. The van der Waals surface area contributed by atoms with E-state index in [4.69, 9.17) is 0 Å². The van der Waals surface area contributed by atoms with Gasteiger partial charge in [0.05, 0.1) is 18.3 Å². The highest BCUT2D eigenvalue weighted by atomic mass is 19.4. The minimum absolute atomic E-state index is 0.0793. The molecule has 156 valence electrons. The molecule has 0 radical (unpaired) electrons. The van der Waals surface area contributed by atoms with Gasteiger partial charge in [-0.05, 0) is 25.2 Å². The van der Waals surface area contributed by atoms with Gasteiger partial charge in [-0.25, -0.2) is 4.68 Å². The van der Waals surface area contributed by atoms with Gasteiger partial charge in [0.2, 0.25) is 0 Å². The second kappa shape index (κ2) is 8.60. The zero-order valence-corrected chi connectivity index (χ0v) is 15.8. The first-order valence-electron chi connectivity index (χ1n) is 9.07. The van der Waals surface area contributed by atoms with Crippen LogP contribution in [-0.4, -0.2) is 76.4 Å². The van der Waals surface area contributed by atoms with E-state index in [2.05, 4.69) is 20.5 Å². The fourth-order valence-corrected chi connectivity index (χ4v) is 2.90. The van der Waals surface area contributed by atoms with Crippen molar-refractivity contribution >= 4 is 11.8 Å². The maximum absolute atomic E-state index is 12.7. The Morgan fingerprint density at radius 2 is 1.90 bits per heavy atom. The quantitative estimate of drug-likeness (QED) is 0.799. The second-order valence-corrected chi connectivity index (χ2v) is 6.80. The van der Waals surface area contributed by atoms with Crippen LogP contribution in [0.1, 0.15) is 26.4 Å². The van der Waals surface area contributed by atoms with Crippen LogP contribution in [0.5, 0.6) is 0 Å². The number of likely N-dealkylation sites (N-methyl/N-ethyl adjacent to an activating group) is 1. The van der Waals surface area contributed by atoms with Gasteiger partial charge < -0.3 is 15.1 Å². The molecule has 0 unspecified atom stereocenters. The fourth-order valence-electron chi connectivity index (χ4n) is 2.90. The number of nitrogens with zero attached hydrogens (tertiary/aromatic N) is 5. The van der Waals surface area contributed by atoms with E-state index in [1.807, 2.05) is 7.05 Å².